The first kappa shape index (κ1) is 16.7. The summed E-state index contributed by atoms with van der Waals surface area (Å²) in [7, 11) is 3.23. The number of aryl methyl sites for hydroxylation is 1. The molecule has 3 nitrogen and oxygen atoms in total. The molecule has 1 amide bonds. The van der Waals surface area contributed by atoms with Crippen LogP contribution in [0.1, 0.15) is 21.5 Å². The third-order valence-electron chi connectivity index (χ3n) is 3.34. The van der Waals surface area contributed by atoms with Gasteiger partial charge < -0.3 is 9.64 Å². The Balaban J connectivity index is 2.18. The molecule has 2 rings (SSSR count). The number of halogens is 2. The molecule has 2 aromatic rings. The van der Waals surface area contributed by atoms with Crippen LogP contribution in [0.3, 0.4) is 0 Å². The second kappa shape index (κ2) is 7.03. The first-order chi connectivity index (χ1) is 10.4. The number of carbonyl (C=O) groups excluding carboxylic acids is 1. The fraction of sp³-hybridized carbons (Fsp3) is 0.235. The van der Waals surface area contributed by atoms with Crippen molar-refractivity contribution in [3.05, 3.63) is 63.1 Å². The second-order valence-corrected chi connectivity index (χ2v) is 5.93. The Bertz CT molecular complexity index is 661. The van der Waals surface area contributed by atoms with Crippen LogP contribution in [-0.4, -0.2) is 25.0 Å². The van der Waals surface area contributed by atoms with E-state index in [0.717, 1.165) is 5.56 Å². The third-order valence-corrected chi connectivity index (χ3v) is 3.90. The molecule has 0 saturated carbocycles. The maximum absolute atomic E-state index is 12.5. The maximum Gasteiger partial charge on any atom is 0.254 e. The maximum atomic E-state index is 12.5. The van der Waals surface area contributed by atoms with Crippen LogP contribution < -0.4 is 4.74 Å². The Morgan fingerprint density at radius 3 is 2.18 bits per heavy atom. The molecule has 0 aliphatic heterocycles. The summed E-state index contributed by atoms with van der Waals surface area (Å²) >= 11 is 12.2. The summed E-state index contributed by atoms with van der Waals surface area (Å²) < 4.78 is 5.09. The summed E-state index contributed by atoms with van der Waals surface area (Å²) in [6.07, 6.45) is 0. The fourth-order valence-corrected chi connectivity index (χ4v) is 2.78. The monoisotopic (exact) mass is 337 g/mol. The SMILES string of the molecule is COc1c(Cl)cc(C(=O)N(C)Cc2ccc(C)cc2)cc1Cl. The first-order valence-corrected chi connectivity index (χ1v) is 7.52. The molecule has 0 aliphatic carbocycles. The summed E-state index contributed by atoms with van der Waals surface area (Å²) in [4.78, 5) is 14.1. The fourth-order valence-electron chi connectivity index (χ4n) is 2.14. The minimum absolute atomic E-state index is 0.146. The molecule has 0 atom stereocenters. The van der Waals surface area contributed by atoms with E-state index in [9.17, 15) is 4.79 Å². The number of hydrogen-bond acceptors (Lipinski definition) is 2. The molecule has 0 fully saturated rings. The third kappa shape index (κ3) is 3.73. The molecule has 0 aromatic heterocycles. The number of amides is 1. The molecule has 2 aromatic carbocycles. The van der Waals surface area contributed by atoms with E-state index in [2.05, 4.69) is 0 Å². The molecule has 0 heterocycles. The van der Waals surface area contributed by atoms with Gasteiger partial charge in [0.05, 0.1) is 17.2 Å². The predicted molar refractivity (Wildman–Crippen MR) is 90.0 cm³/mol. The average Bonchev–Trinajstić information content (AvgIpc) is 2.48. The van der Waals surface area contributed by atoms with Crippen molar-refractivity contribution in [1.29, 1.82) is 0 Å². The van der Waals surface area contributed by atoms with Crippen molar-refractivity contribution in [3.8, 4) is 5.75 Å². The quantitative estimate of drug-likeness (QED) is 0.816. The Labute approximate surface area is 140 Å². The predicted octanol–water partition coefficient (Wildman–Crippen LogP) is 4.58. The number of benzene rings is 2. The van der Waals surface area contributed by atoms with Gasteiger partial charge in [0.25, 0.3) is 5.91 Å². The van der Waals surface area contributed by atoms with Gasteiger partial charge in [-0.15, -0.1) is 0 Å². The van der Waals surface area contributed by atoms with Crippen molar-refractivity contribution in [1.82, 2.24) is 4.90 Å². The van der Waals surface area contributed by atoms with E-state index in [-0.39, 0.29) is 5.91 Å². The number of nitrogens with zero attached hydrogens (tertiary/aromatic N) is 1. The molecule has 5 heteroatoms. The van der Waals surface area contributed by atoms with Gasteiger partial charge in [0.1, 0.15) is 0 Å². The van der Waals surface area contributed by atoms with Crippen LogP contribution in [0.2, 0.25) is 10.0 Å². The van der Waals surface area contributed by atoms with Crippen LogP contribution in [0, 0.1) is 6.92 Å². The lowest BCUT2D eigenvalue weighted by Gasteiger charge is -2.18. The van der Waals surface area contributed by atoms with Gasteiger partial charge in [-0.2, -0.15) is 0 Å². The van der Waals surface area contributed by atoms with Crippen LogP contribution in [0.5, 0.6) is 5.75 Å². The van der Waals surface area contributed by atoms with Gasteiger partial charge >= 0.3 is 0 Å². The van der Waals surface area contributed by atoms with Crippen LogP contribution in [0.15, 0.2) is 36.4 Å². The zero-order valence-electron chi connectivity index (χ0n) is 12.7. The van der Waals surface area contributed by atoms with Crippen molar-refractivity contribution >= 4 is 29.1 Å². The summed E-state index contributed by atoms with van der Waals surface area (Å²) in [6.45, 7) is 2.54. The molecule has 0 bridgehead atoms. The normalized spacial score (nSPS) is 10.4. The van der Waals surface area contributed by atoms with E-state index in [1.165, 1.54) is 12.7 Å². The Morgan fingerprint density at radius 2 is 1.68 bits per heavy atom. The van der Waals surface area contributed by atoms with Crippen molar-refractivity contribution in [2.75, 3.05) is 14.2 Å². The number of ether oxygens (including phenoxy) is 1. The molecule has 0 unspecified atom stereocenters. The molecular weight excluding hydrogens is 321 g/mol. The largest absolute Gasteiger partial charge is 0.494 e. The Kier molecular flexibility index (Phi) is 5.33. The van der Waals surface area contributed by atoms with Crippen molar-refractivity contribution in [3.63, 3.8) is 0 Å². The zero-order chi connectivity index (χ0) is 16.3. The van der Waals surface area contributed by atoms with Gasteiger partial charge in [0, 0.05) is 19.2 Å². The van der Waals surface area contributed by atoms with Gasteiger partial charge in [0.2, 0.25) is 0 Å². The van der Waals surface area contributed by atoms with E-state index in [0.29, 0.717) is 27.9 Å². The topological polar surface area (TPSA) is 29.5 Å². The van der Waals surface area contributed by atoms with E-state index < -0.39 is 0 Å². The van der Waals surface area contributed by atoms with Crippen molar-refractivity contribution in [2.45, 2.75) is 13.5 Å². The highest BCUT2D eigenvalue weighted by atomic mass is 35.5. The van der Waals surface area contributed by atoms with Gasteiger partial charge in [-0.25, -0.2) is 0 Å². The van der Waals surface area contributed by atoms with E-state index >= 15 is 0 Å². The van der Waals surface area contributed by atoms with Crippen molar-refractivity contribution < 1.29 is 9.53 Å². The van der Waals surface area contributed by atoms with Crippen LogP contribution in [0.4, 0.5) is 0 Å². The van der Waals surface area contributed by atoms with Gasteiger partial charge in [0.15, 0.2) is 5.75 Å². The number of hydrogen-bond donors (Lipinski definition) is 0. The molecule has 22 heavy (non-hydrogen) atoms. The Morgan fingerprint density at radius 1 is 1.14 bits per heavy atom. The highest BCUT2D eigenvalue weighted by Crippen LogP contribution is 2.34. The number of rotatable bonds is 4. The zero-order valence-corrected chi connectivity index (χ0v) is 14.2. The van der Waals surface area contributed by atoms with E-state index in [1.807, 2.05) is 31.2 Å². The molecule has 116 valence electrons. The lowest BCUT2D eigenvalue weighted by Crippen LogP contribution is -2.26. The summed E-state index contributed by atoms with van der Waals surface area (Å²) in [5.41, 5.74) is 2.68. The minimum atomic E-state index is -0.146. The van der Waals surface area contributed by atoms with Crippen LogP contribution >= 0.6 is 23.2 Å². The van der Waals surface area contributed by atoms with Crippen LogP contribution in [-0.2, 0) is 6.54 Å². The molecular formula is C17H17Cl2NO2. The second-order valence-electron chi connectivity index (χ2n) is 5.12. The standard InChI is InChI=1S/C17H17Cl2NO2/c1-11-4-6-12(7-5-11)10-20(2)17(21)13-8-14(18)16(22-3)15(19)9-13/h4-9H,10H2,1-3H3. The lowest BCUT2D eigenvalue weighted by atomic mass is 10.1. The van der Waals surface area contributed by atoms with Crippen LogP contribution in [0.25, 0.3) is 0 Å². The minimum Gasteiger partial charge on any atom is -0.494 e. The summed E-state index contributed by atoms with van der Waals surface area (Å²) in [5, 5.41) is 0.643. The number of methoxy groups -OCH3 is 1. The lowest BCUT2D eigenvalue weighted by molar-refractivity contribution is 0.0785. The molecule has 0 radical (unpaired) electrons. The smallest absolute Gasteiger partial charge is 0.254 e. The van der Waals surface area contributed by atoms with Gasteiger partial charge in [-0.05, 0) is 24.6 Å². The number of carbonyl (C=O) groups is 1. The molecule has 0 saturated heterocycles. The highest BCUT2D eigenvalue weighted by Gasteiger charge is 2.16. The van der Waals surface area contributed by atoms with Crippen molar-refractivity contribution in [2.24, 2.45) is 0 Å². The Hall–Kier alpha value is -1.71. The van der Waals surface area contributed by atoms with E-state index in [4.69, 9.17) is 27.9 Å². The highest BCUT2D eigenvalue weighted by molar-refractivity contribution is 6.37. The summed E-state index contributed by atoms with van der Waals surface area (Å²) in [6, 6.07) is 11.2. The van der Waals surface area contributed by atoms with Gasteiger partial charge in [-0.1, -0.05) is 53.0 Å². The molecule has 0 N–H and O–H groups in total. The molecule has 0 aliphatic rings. The first-order valence-electron chi connectivity index (χ1n) is 6.76. The summed E-state index contributed by atoms with van der Waals surface area (Å²) in [5.74, 6) is 0.230. The molecule has 0 spiro atoms. The average molecular weight is 338 g/mol. The van der Waals surface area contributed by atoms with E-state index in [1.54, 1.807) is 24.1 Å². The van der Waals surface area contributed by atoms with Gasteiger partial charge in [-0.3, -0.25) is 4.79 Å².